The highest BCUT2D eigenvalue weighted by Gasteiger charge is 2.40. The van der Waals surface area contributed by atoms with Crippen molar-refractivity contribution in [2.75, 3.05) is 26.2 Å². The van der Waals surface area contributed by atoms with Gasteiger partial charge in [-0.3, -0.25) is 19.3 Å². The number of H-pyrrole nitrogens is 1. The Balaban J connectivity index is 1.53. The molecular weight excluding hydrogens is 372 g/mol. The van der Waals surface area contributed by atoms with Crippen LogP contribution < -0.4 is 16.2 Å². The van der Waals surface area contributed by atoms with Crippen molar-refractivity contribution in [1.82, 2.24) is 30.1 Å². The molecule has 4 rings (SSSR count). The Morgan fingerprint density at radius 3 is 2.90 bits per heavy atom. The van der Waals surface area contributed by atoms with E-state index in [0.29, 0.717) is 6.54 Å². The quantitative estimate of drug-likeness (QED) is 0.633. The third-order valence-corrected chi connectivity index (χ3v) is 5.81. The van der Waals surface area contributed by atoms with Crippen LogP contribution in [0.15, 0.2) is 35.4 Å². The van der Waals surface area contributed by atoms with Gasteiger partial charge in [0.05, 0.1) is 19.1 Å². The SMILES string of the molecule is CC(=O)NCC(=O)NC[C@H]1[C@H]2C[C@H](CN(Cc3ncc[nH]3)C2)c2cccc(=O)n21. The number of likely N-dealkylation sites (tertiary alicyclic amines) is 1. The molecule has 2 aromatic rings. The predicted molar refractivity (Wildman–Crippen MR) is 106 cm³/mol. The number of aromatic amines is 1. The Hall–Kier alpha value is -2.94. The molecule has 3 N–H and O–H groups in total. The second kappa shape index (κ2) is 8.20. The molecule has 0 unspecified atom stereocenters. The molecule has 2 amide bonds. The van der Waals surface area contributed by atoms with Gasteiger partial charge in [-0.2, -0.15) is 0 Å². The highest BCUT2D eigenvalue weighted by molar-refractivity contribution is 5.83. The van der Waals surface area contributed by atoms with Crippen molar-refractivity contribution >= 4 is 11.8 Å². The lowest BCUT2D eigenvalue weighted by molar-refractivity contribution is -0.125. The van der Waals surface area contributed by atoms with Crippen LogP contribution in [-0.4, -0.2) is 57.4 Å². The van der Waals surface area contributed by atoms with E-state index in [0.717, 1.165) is 37.6 Å². The predicted octanol–water partition coefficient (Wildman–Crippen LogP) is -0.0159. The maximum Gasteiger partial charge on any atom is 0.251 e. The molecule has 2 aromatic heterocycles. The monoisotopic (exact) mass is 398 g/mol. The van der Waals surface area contributed by atoms with Crippen LogP contribution >= 0.6 is 0 Å². The van der Waals surface area contributed by atoms with Crippen LogP contribution in [0.4, 0.5) is 0 Å². The zero-order valence-corrected chi connectivity index (χ0v) is 16.4. The van der Waals surface area contributed by atoms with Crippen molar-refractivity contribution in [3.8, 4) is 0 Å². The highest BCUT2D eigenvalue weighted by atomic mass is 16.2. The number of hydrogen-bond acceptors (Lipinski definition) is 5. The average molecular weight is 398 g/mol. The van der Waals surface area contributed by atoms with Crippen LogP contribution in [-0.2, 0) is 16.1 Å². The third kappa shape index (κ3) is 4.24. The van der Waals surface area contributed by atoms with Gasteiger partial charge in [-0.15, -0.1) is 0 Å². The number of pyridine rings is 1. The average Bonchev–Trinajstić information content (AvgIpc) is 3.19. The van der Waals surface area contributed by atoms with Crippen LogP contribution in [0.1, 0.15) is 36.8 Å². The van der Waals surface area contributed by atoms with Gasteiger partial charge in [0, 0.05) is 56.6 Å². The van der Waals surface area contributed by atoms with Crippen molar-refractivity contribution in [2.24, 2.45) is 5.92 Å². The number of aromatic nitrogens is 3. The molecule has 2 aliphatic rings. The molecular formula is C20H26N6O3. The Bertz CT molecular complexity index is 938. The standard InChI is InChI=1S/C20H26N6O3/c1-13(27)23-9-19(28)24-8-17-15-7-14(16-3-2-4-20(29)26(16)17)10-25(11-15)12-18-21-5-6-22-18/h2-6,14-15,17H,7-12H2,1H3,(H,21,22)(H,23,27)(H,24,28)/t14-,15+,17+/m1/s1. The number of carbonyl (C=O) groups excluding carboxylic acids is 2. The highest BCUT2D eigenvalue weighted by Crippen LogP contribution is 2.41. The fourth-order valence-corrected chi connectivity index (χ4v) is 4.61. The summed E-state index contributed by atoms with van der Waals surface area (Å²) >= 11 is 0. The Morgan fingerprint density at radius 1 is 1.28 bits per heavy atom. The van der Waals surface area contributed by atoms with E-state index in [2.05, 4.69) is 25.5 Å². The largest absolute Gasteiger partial charge is 0.352 e. The summed E-state index contributed by atoms with van der Waals surface area (Å²) in [4.78, 5) is 45.6. The summed E-state index contributed by atoms with van der Waals surface area (Å²) in [6, 6.07) is 5.30. The van der Waals surface area contributed by atoms with Crippen LogP contribution in [0.3, 0.4) is 0 Å². The lowest BCUT2D eigenvalue weighted by Crippen LogP contribution is -2.52. The third-order valence-electron chi connectivity index (χ3n) is 5.81. The lowest BCUT2D eigenvalue weighted by Gasteiger charge is -2.46. The zero-order chi connectivity index (χ0) is 20.4. The van der Waals surface area contributed by atoms with E-state index in [1.807, 2.05) is 22.9 Å². The van der Waals surface area contributed by atoms with Gasteiger partial charge >= 0.3 is 0 Å². The summed E-state index contributed by atoms with van der Waals surface area (Å²) < 4.78 is 1.86. The number of fused-ring (bicyclic) bond motifs is 4. The normalized spacial score (nSPS) is 23.3. The first-order chi connectivity index (χ1) is 14.0. The summed E-state index contributed by atoms with van der Waals surface area (Å²) in [5.74, 6) is 0.955. The Morgan fingerprint density at radius 2 is 2.14 bits per heavy atom. The number of imidazole rings is 1. The van der Waals surface area contributed by atoms with E-state index in [1.165, 1.54) is 6.92 Å². The van der Waals surface area contributed by atoms with Crippen LogP contribution in [0.25, 0.3) is 0 Å². The van der Waals surface area contributed by atoms with E-state index >= 15 is 0 Å². The summed E-state index contributed by atoms with van der Waals surface area (Å²) in [7, 11) is 0. The number of carbonyl (C=O) groups is 2. The lowest BCUT2D eigenvalue weighted by atomic mass is 9.78. The second-order valence-corrected chi connectivity index (χ2v) is 7.86. The molecule has 2 aliphatic heterocycles. The molecule has 9 nitrogen and oxygen atoms in total. The molecule has 1 fully saturated rings. The van der Waals surface area contributed by atoms with Crippen molar-refractivity contribution in [3.05, 3.63) is 52.5 Å². The van der Waals surface area contributed by atoms with Crippen LogP contribution in [0.2, 0.25) is 0 Å². The minimum absolute atomic E-state index is 0.0298. The number of amides is 2. The van der Waals surface area contributed by atoms with E-state index in [4.69, 9.17) is 0 Å². The van der Waals surface area contributed by atoms with E-state index in [1.54, 1.807) is 12.3 Å². The van der Waals surface area contributed by atoms with Gasteiger partial charge in [0.25, 0.3) is 5.56 Å². The molecule has 9 heteroatoms. The maximum absolute atomic E-state index is 12.7. The molecule has 29 heavy (non-hydrogen) atoms. The van der Waals surface area contributed by atoms with Gasteiger partial charge in [0.1, 0.15) is 5.82 Å². The fourth-order valence-electron chi connectivity index (χ4n) is 4.61. The first-order valence-electron chi connectivity index (χ1n) is 9.94. The molecule has 0 aromatic carbocycles. The fraction of sp³-hybridized carbons (Fsp3) is 0.500. The smallest absolute Gasteiger partial charge is 0.251 e. The van der Waals surface area contributed by atoms with Gasteiger partial charge in [-0.25, -0.2) is 4.98 Å². The van der Waals surface area contributed by atoms with Crippen molar-refractivity contribution in [2.45, 2.75) is 31.8 Å². The minimum Gasteiger partial charge on any atom is -0.352 e. The first-order valence-corrected chi connectivity index (χ1v) is 9.94. The van der Waals surface area contributed by atoms with Gasteiger partial charge < -0.3 is 20.2 Å². The first kappa shape index (κ1) is 19.4. The second-order valence-electron chi connectivity index (χ2n) is 7.86. The molecule has 0 spiro atoms. The van der Waals surface area contributed by atoms with Gasteiger partial charge in [0.2, 0.25) is 11.8 Å². The molecule has 154 valence electrons. The summed E-state index contributed by atoms with van der Waals surface area (Å²) in [5.41, 5.74) is 0.997. The number of piperidine rings is 1. The Kier molecular flexibility index (Phi) is 5.48. The van der Waals surface area contributed by atoms with Crippen molar-refractivity contribution < 1.29 is 9.59 Å². The van der Waals surface area contributed by atoms with Crippen LogP contribution in [0, 0.1) is 5.92 Å². The zero-order valence-electron chi connectivity index (χ0n) is 16.4. The van der Waals surface area contributed by atoms with Gasteiger partial charge in [-0.05, 0) is 18.4 Å². The molecule has 4 heterocycles. The molecule has 0 saturated carbocycles. The van der Waals surface area contributed by atoms with Gasteiger partial charge in [-0.1, -0.05) is 6.07 Å². The summed E-state index contributed by atoms with van der Waals surface area (Å²) in [5, 5.41) is 5.39. The number of nitrogens with one attached hydrogen (secondary N) is 3. The van der Waals surface area contributed by atoms with Crippen LogP contribution in [0.5, 0.6) is 0 Å². The number of rotatable bonds is 6. The topological polar surface area (TPSA) is 112 Å². The van der Waals surface area contributed by atoms with Crippen molar-refractivity contribution in [3.63, 3.8) is 0 Å². The Labute approximate surface area is 168 Å². The number of hydrogen-bond donors (Lipinski definition) is 3. The molecule has 3 atom stereocenters. The molecule has 2 bridgehead atoms. The van der Waals surface area contributed by atoms with Crippen molar-refractivity contribution in [1.29, 1.82) is 0 Å². The van der Waals surface area contributed by atoms with E-state index in [9.17, 15) is 14.4 Å². The molecule has 0 radical (unpaired) electrons. The molecule has 1 saturated heterocycles. The minimum atomic E-state index is -0.254. The molecule has 0 aliphatic carbocycles. The van der Waals surface area contributed by atoms with E-state index < -0.39 is 0 Å². The number of nitrogens with zero attached hydrogens (tertiary/aromatic N) is 3. The maximum atomic E-state index is 12.7. The van der Waals surface area contributed by atoms with E-state index in [-0.39, 0.29) is 41.8 Å². The summed E-state index contributed by atoms with van der Waals surface area (Å²) in [6.07, 6.45) is 4.56. The van der Waals surface area contributed by atoms with Gasteiger partial charge in [0.15, 0.2) is 0 Å². The summed E-state index contributed by atoms with van der Waals surface area (Å²) in [6.45, 7) is 4.13.